The van der Waals surface area contributed by atoms with E-state index in [0.717, 1.165) is 22.0 Å². The van der Waals surface area contributed by atoms with Gasteiger partial charge in [-0.25, -0.2) is 4.98 Å². The lowest BCUT2D eigenvalue weighted by Gasteiger charge is -2.12. The summed E-state index contributed by atoms with van der Waals surface area (Å²) in [6, 6.07) is 6.10. The molecule has 0 fully saturated rings. The minimum Gasteiger partial charge on any atom is -0.496 e. The van der Waals surface area contributed by atoms with Crippen molar-refractivity contribution in [2.45, 2.75) is 26.4 Å². The molecule has 2 aromatic rings. The summed E-state index contributed by atoms with van der Waals surface area (Å²) in [7, 11) is 1.69. The van der Waals surface area contributed by atoms with Crippen molar-refractivity contribution < 1.29 is 9.84 Å². The van der Waals surface area contributed by atoms with Gasteiger partial charge < -0.3 is 9.84 Å². The zero-order chi connectivity index (χ0) is 13.1. The fraction of sp³-hybridized carbons (Fsp3) is 0.357. The van der Waals surface area contributed by atoms with Crippen molar-refractivity contribution in [3.8, 4) is 16.3 Å². The fourth-order valence-corrected chi connectivity index (χ4v) is 2.64. The van der Waals surface area contributed by atoms with Crippen molar-refractivity contribution in [3.63, 3.8) is 0 Å². The van der Waals surface area contributed by atoms with Crippen LogP contribution in [0.25, 0.3) is 10.6 Å². The molecule has 0 aliphatic rings. The van der Waals surface area contributed by atoms with Gasteiger partial charge in [-0.15, -0.1) is 11.3 Å². The number of thiazole rings is 1. The number of nitrogens with zero attached hydrogens (tertiary/aromatic N) is 1. The number of methoxy groups -OCH3 is 1. The van der Waals surface area contributed by atoms with Gasteiger partial charge in [-0.3, -0.25) is 0 Å². The third kappa shape index (κ3) is 2.54. The van der Waals surface area contributed by atoms with Crippen LogP contribution in [-0.2, 0) is 6.61 Å². The normalized spacial score (nSPS) is 10.9. The van der Waals surface area contributed by atoms with Crippen LogP contribution in [-0.4, -0.2) is 17.2 Å². The van der Waals surface area contributed by atoms with E-state index in [9.17, 15) is 0 Å². The molecule has 4 heteroatoms. The van der Waals surface area contributed by atoms with Gasteiger partial charge in [0.2, 0.25) is 0 Å². The van der Waals surface area contributed by atoms with Gasteiger partial charge in [-0.05, 0) is 29.7 Å². The first kappa shape index (κ1) is 13.1. The molecule has 0 saturated heterocycles. The summed E-state index contributed by atoms with van der Waals surface area (Å²) in [5, 5.41) is 11.9. The van der Waals surface area contributed by atoms with E-state index in [1.807, 2.05) is 17.5 Å². The van der Waals surface area contributed by atoms with E-state index in [1.54, 1.807) is 18.4 Å². The molecule has 18 heavy (non-hydrogen) atoms. The predicted molar refractivity (Wildman–Crippen MR) is 74.1 cm³/mol. The Morgan fingerprint density at radius 2 is 2.17 bits per heavy atom. The largest absolute Gasteiger partial charge is 0.496 e. The third-order valence-corrected chi connectivity index (χ3v) is 3.75. The summed E-state index contributed by atoms with van der Waals surface area (Å²) in [4.78, 5) is 4.38. The fourth-order valence-electron chi connectivity index (χ4n) is 1.83. The number of hydrogen-bond acceptors (Lipinski definition) is 4. The van der Waals surface area contributed by atoms with E-state index in [0.29, 0.717) is 5.92 Å². The Morgan fingerprint density at radius 1 is 1.39 bits per heavy atom. The van der Waals surface area contributed by atoms with Gasteiger partial charge in [-0.1, -0.05) is 13.8 Å². The summed E-state index contributed by atoms with van der Waals surface area (Å²) in [5.41, 5.74) is 2.97. The summed E-state index contributed by atoms with van der Waals surface area (Å²) < 4.78 is 5.37. The van der Waals surface area contributed by atoms with Gasteiger partial charge >= 0.3 is 0 Å². The van der Waals surface area contributed by atoms with Crippen LogP contribution in [0.5, 0.6) is 5.75 Å². The number of ether oxygens (including phenoxy) is 1. The van der Waals surface area contributed by atoms with Crippen LogP contribution < -0.4 is 4.74 Å². The van der Waals surface area contributed by atoms with Crippen molar-refractivity contribution >= 4 is 11.3 Å². The molecule has 1 aromatic heterocycles. The lowest BCUT2D eigenvalue weighted by molar-refractivity contribution is 0.278. The Morgan fingerprint density at radius 3 is 2.72 bits per heavy atom. The molecule has 1 heterocycles. The van der Waals surface area contributed by atoms with Gasteiger partial charge in [0.1, 0.15) is 10.8 Å². The van der Waals surface area contributed by atoms with Crippen molar-refractivity contribution in [3.05, 3.63) is 34.8 Å². The van der Waals surface area contributed by atoms with Crippen molar-refractivity contribution in [2.75, 3.05) is 7.11 Å². The third-order valence-electron chi connectivity index (χ3n) is 2.81. The molecular weight excluding hydrogens is 246 g/mol. The molecule has 0 saturated carbocycles. The van der Waals surface area contributed by atoms with E-state index in [-0.39, 0.29) is 6.61 Å². The average Bonchev–Trinajstić information content (AvgIpc) is 2.86. The first-order valence-corrected chi connectivity index (χ1v) is 6.77. The first-order valence-electron chi connectivity index (χ1n) is 5.89. The zero-order valence-electron chi connectivity index (χ0n) is 10.8. The molecule has 0 radical (unpaired) electrons. The minimum absolute atomic E-state index is 0.0102. The molecule has 0 unspecified atom stereocenters. The summed E-state index contributed by atoms with van der Waals surface area (Å²) >= 11 is 1.55. The smallest absolute Gasteiger partial charge is 0.123 e. The van der Waals surface area contributed by atoms with Gasteiger partial charge in [0.15, 0.2) is 0 Å². The van der Waals surface area contributed by atoms with Gasteiger partial charge in [-0.2, -0.15) is 0 Å². The highest BCUT2D eigenvalue weighted by Crippen LogP contribution is 2.32. The molecule has 1 aromatic carbocycles. The monoisotopic (exact) mass is 263 g/mol. The predicted octanol–water partition coefficient (Wildman–Crippen LogP) is 3.43. The molecule has 0 amide bonds. The maximum Gasteiger partial charge on any atom is 0.123 e. The van der Waals surface area contributed by atoms with E-state index >= 15 is 0 Å². The van der Waals surface area contributed by atoms with Crippen LogP contribution in [0.2, 0.25) is 0 Å². The first-order chi connectivity index (χ1) is 8.65. The van der Waals surface area contributed by atoms with Crippen molar-refractivity contribution in [2.24, 2.45) is 0 Å². The lowest BCUT2D eigenvalue weighted by atomic mass is 10.00. The Balaban J connectivity index is 2.42. The number of rotatable bonds is 4. The van der Waals surface area contributed by atoms with E-state index in [2.05, 4.69) is 24.9 Å². The summed E-state index contributed by atoms with van der Waals surface area (Å²) in [5.74, 6) is 1.31. The number of aliphatic hydroxyl groups is 1. The highest BCUT2D eigenvalue weighted by Gasteiger charge is 2.11. The Kier molecular flexibility index (Phi) is 3.99. The maximum absolute atomic E-state index is 9.05. The molecule has 0 spiro atoms. The second-order valence-electron chi connectivity index (χ2n) is 4.41. The van der Waals surface area contributed by atoms with E-state index in [1.165, 1.54) is 5.56 Å². The molecular formula is C14H17NO2S. The Labute approximate surface area is 111 Å². The van der Waals surface area contributed by atoms with Crippen LogP contribution in [0.15, 0.2) is 23.6 Å². The number of aromatic nitrogens is 1. The Hall–Kier alpha value is -1.39. The molecule has 0 aliphatic heterocycles. The molecule has 1 N–H and O–H groups in total. The zero-order valence-corrected chi connectivity index (χ0v) is 11.6. The molecule has 0 bridgehead atoms. The lowest BCUT2D eigenvalue weighted by Crippen LogP contribution is -1.94. The summed E-state index contributed by atoms with van der Waals surface area (Å²) in [6.45, 7) is 4.27. The van der Waals surface area contributed by atoms with Gasteiger partial charge in [0.05, 0.1) is 19.4 Å². The van der Waals surface area contributed by atoms with Gasteiger partial charge in [0, 0.05) is 10.9 Å². The quantitative estimate of drug-likeness (QED) is 0.919. The summed E-state index contributed by atoms with van der Waals surface area (Å²) in [6.07, 6.45) is 0. The van der Waals surface area contributed by atoms with Crippen LogP contribution in [0.1, 0.15) is 31.0 Å². The average molecular weight is 263 g/mol. The second-order valence-corrected chi connectivity index (χ2v) is 5.27. The van der Waals surface area contributed by atoms with Crippen molar-refractivity contribution in [1.82, 2.24) is 4.98 Å². The molecule has 0 aliphatic carbocycles. The maximum atomic E-state index is 9.05. The van der Waals surface area contributed by atoms with Crippen molar-refractivity contribution in [1.29, 1.82) is 0 Å². The van der Waals surface area contributed by atoms with Crippen LogP contribution in [0.3, 0.4) is 0 Å². The highest BCUT2D eigenvalue weighted by molar-refractivity contribution is 7.13. The van der Waals surface area contributed by atoms with Crippen LogP contribution in [0, 0.1) is 0 Å². The van der Waals surface area contributed by atoms with E-state index < -0.39 is 0 Å². The molecule has 3 nitrogen and oxygen atoms in total. The highest BCUT2D eigenvalue weighted by atomic mass is 32.1. The topological polar surface area (TPSA) is 42.4 Å². The van der Waals surface area contributed by atoms with Crippen LogP contribution in [0.4, 0.5) is 0 Å². The Bertz CT molecular complexity index is 534. The number of hydrogen-bond donors (Lipinski definition) is 1. The van der Waals surface area contributed by atoms with Crippen LogP contribution >= 0.6 is 11.3 Å². The second kappa shape index (κ2) is 5.50. The molecule has 0 atom stereocenters. The molecule has 2 rings (SSSR count). The minimum atomic E-state index is -0.0102. The standard InChI is InChI=1S/C14H17NO2S/c1-9(2)12-6-10(4-5-13(12)17-3)14-15-11(7-16)8-18-14/h4-6,8-9,16H,7H2,1-3H3. The SMILES string of the molecule is COc1ccc(-c2nc(CO)cs2)cc1C(C)C. The van der Waals surface area contributed by atoms with Gasteiger partial charge in [0.25, 0.3) is 0 Å². The number of aliphatic hydroxyl groups excluding tert-OH is 1. The number of benzene rings is 1. The van der Waals surface area contributed by atoms with E-state index in [4.69, 9.17) is 9.84 Å². The molecule has 96 valence electrons.